The van der Waals surface area contributed by atoms with Gasteiger partial charge in [0.1, 0.15) is 0 Å². The van der Waals surface area contributed by atoms with E-state index in [-0.39, 0.29) is 0 Å². The summed E-state index contributed by atoms with van der Waals surface area (Å²) in [5.74, 6) is 0. The SMILES string of the molecule is FP123N4CCCN1CCN2CCN3CC4. The van der Waals surface area contributed by atoms with Crippen molar-refractivity contribution in [3.05, 3.63) is 0 Å². The van der Waals surface area contributed by atoms with Crippen molar-refractivity contribution in [2.75, 3.05) is 52.4 Å². The van der Waals surface area contributed by atoms with Crippen molar-refractivity contribution in [1.82, 2.24) is 18.7 Å². The van der Waals surface area contributed by atoms with Crippen molar-refractivity contribution in [2.24, 2.45) is 0 Å². The first-order valence-electron chi connectivity index (χ1n) is 6.00. The van der Waals surface area contributed by atoms with Gasteiger partial charge in [0.2, 0.25) is 0 Å². The molecule has 1 spiro atoms. The van der Waals surface area contributed by atoms with Gasteiger partial charge in [-0.15, -0.1) is 0 Å². The first-order chi connectivity index (χ1) is 7.25. The van der Waals surface area contributed by atoms with Crippen LogP contribution in [0.5, 0.6) is 0 Å². The molecule has 0 amide bonds. The van der Waals surface area contributed by atoms with Crippen molar-refractivity contribution < 1.29 is 4.20 Å². The zero-order valence-corrected chi connectivity index (χ0v) is 9.87. The molecule has 4 rings (SSSR count). The fourth-order valence-corrected chi connectivity index (χ4v) is 9.74. The predicted octanol–water partition coefficient (Wildman–Crippen LogP) is 0.737. The summed E-state index contributed by atoms with van der Waals surface area (Å²) in [5, 5.41) is 0. The third-order valence-electron chi connectivity index (χ3n) is 4.63. The molecule has 0 atom stereocenters. The van der Waals surface area contributed by atoms with E-state index in [0.717, 1.165) is 58.8 Å². The van der Waals surface area contributed by atoms with Gasteiger partial charge >= 0.3 is 89.2 Å². The fourth-order valence-electron chi connectivity index (χ4n) is 4.02. The molecule has 0 N–H and O–H groups in total. The monoisotopic (exact) mass is 232 g/mol. The van der Waals surface area contributed by atoms with Gasteiger partial charge in [0, 0.05) is 0 Å². The summed E-state index contributed by atoms with van der Waals surface area (Å²) in [4.78, 5) is 0. The Morgan fingerprint density at radius 1 is 0.600 bits per heavy atom. The quantitative estimate of drug-likeness (QED) is 0.571. The molecule has 4 fully saturated rings. The Balaban J connectivity index is 1.93. The third-order valence-corrected chi connectivity index (χ3v) is 10.1. The van der Waals surface area contributed by atoms with Gasteiger partial charge < -0.3 is 0 Å². The van der Waals surface area contributed by atoms with E-state index in [4.69, 9.17) is 0 Å². The fraction of sp³-hybridized carbons (Fsp3) is 1.00. The summed E-state index contributed by atoms with van der Waals surface area (Å²) in [7, 11) is -3.36. The van der Waals surface area contributed by atoms with Crippen LogP contribution in [0, 0.1) is 0 Å². The topological polar surface area (TPSA) is 13.0 Å². The Bertz CT molecular complexity index is 293. The van der Waals surface area contributed by atoms with E-state index in [2.05, 4.69) is 18.7 Å². The summed E-state index contributed by atoms with van der Waals surface area (Å²) in [5.41, 5.74) is 0. The molecule has 6 heteroatoms. The normalized spacial score (nSPS) is 42.3. The zero-order chi connectivity index (χ0) is 10.1. The third kappa shape index (κ3) is 0.747. The molecule has 0 saturated carbocycles. The van der Waals surface area contributed by atoms with Crippen LogP contribution in [0.25, 0.3) is 0 Å². The number of halogens is 1. The molecule has 0 aliphatic carbocycles. The Hall–Kier alpha value is 0.200. The minimum atomic E-state index is -3.36. The Morgan fingerprint density at radius 3 is 1.33 bits per heavy atom. The molecule has 86 valence electrons. The second-order valence-electron chi connectivity index (χ2n) is 5.01. The Morgan fingerprint density at radius 2 is 0.933 bits per heavy atom. The van der Waals surface area contributed by atoms with Gasteiger partial charge in [-0.3, -0.25) is 0 Å². The Kier molecular flexibility index (Phi) is 1.57. The molecule has 4 aliphatic heterocycles. The van der Waals surface area contributed by atoms with Gasteiger partial charge in [0.05, 0.1) is 0 Å². The average Bonchev–Trinajstić information content (AvgIpc) is 2.76. The van der Waals surface area contributed by atoms with E-state index >= 15 is 4.20 Å². The van der Waals surface area contributed by atoms with Gasteiger partial charge in [-0.25, -0.2) is 0 Å². The summed E-state index contributed by atoms with van der Waals surface area (Å²) in [6.45, 7) is 7.61. The van der Waals surface area contributed by atoms with Gasteiger partial charge in [0.25, 0.3) is 0 Å². The molecule has 0 unspecified atom stereocenters. The second kappa shape index (κ2) is 2.54. The Labute approximate surface area is 89.9 Å². The summed E-state index contributed by atoms with van der Waals surface area (Å²) in [6, 6.07) is 0. The first-order valence-corrected chi connectivity index (χ1v) is 7.94. The van der Waals surface area contributed by atoms with Crippen molar-refractivity contribution >= 4 is 7.52 Å². The van der Waals surface area contributed by atoms with Crippen molar-refractivity contribution in [3.63, 3.8) is 0 Å². The molecule has 15 heavy (non-hydrogen) atoms. The molecule has 0 aromatic heterocycles. The maximum atomic E-state index is 16.0. The first kappa shape index (κ1) is 9.25. The van der Waals surface area contributed by atoms with Crippen molar-refractivity contribution in [1.29, 1.82) is 0 Å². The van der Waals surface area contributed by atoms with Crippen LogP contribution in [-0.2, 0) is 0 Å². The van der Waals surface area contributed by atoms with Crippen LogP contribution in [-0.4, -0.2) is 71.0 Å². The van der Waals surface area contributed by atoms with Crippen LogP contribution < -0.4 is 0 Å². The molecular formula is C9H18FN4P. The molecule has 4 aliphatic rings. The molecular weight excluding hydrogens is 214 g/mol. The van der Waals surface area contributed by atoms with Crippen LogP contribution in [0.1, 0.15) is 6.42 Å². The van der Waals surface area contributed by atoms with Crippen LogP contribution in [0.15, 0.2) is 0 Å². The molecule has 0 radical (unpaired) electrons. The van der Waals surface area contributed by atoms with E-state index in [1.54, 1.807) is 0 Å². The standard InChI is InChI=1S/C9H18FN4P/c10-15-11-2-1-3-12(15)5-7-14(15)9-8-13(15)6-4-11/h1-9H2. The number of rotatable bonds is 0. The summed E-state index contributed by atoms with van der Waals surface area (Å²) in [6.07, 6.45) is 1.14. The molecule has 4 nitrogen and oxygen atoms in total. The average molecular weight is 232 g/mol. The van der Waals surface area contributed by atoms with Crippen LogP contribution in [0.2, 0.25) is 0 Å². The number of hydrogen-bond acceptors (Lipinski definition) is 4. The second-order valence-corrected chi connectivity index (χ2v) is 8.95. The minimum absolute atomic E-state index is 0.946. The van der Waals surface area contributed by atoms with Crippen molar-refractivity contribution in [2.45, 2.75) is 6.42 Å². The molecule has 4 saturated heterocycles. The van der Waals surface area contributed by atoms with E-state index in [9.17, 15) is 0 Å². The van der Waals surface area contributed by atoms with E-state index in [0.29, 0.717) is 0 Å². The van der Waals surface area contributed by atoms with Crippen molar-refractivity contribution in [3.8, 4) is 0 Å². The molecule has 0 bridgehead atoms. The summed E-state index contributed by atoms with van der Waals surface area (Å²) >= 11 is 0. The maximum absolute atomic E-state index is 16.0. The van der Waals surface area contributed by atoms with Gasteiger partial charge in [-0.1, -0.05) is 0 Å². The molecule has 4 heterocycles. The molecule has 0 aromatic carbocycles. The van der Waals surface area contributed by atoms with Gasteiger partial charge in [0.15, 0.2) is 0 Å². The number of hydrogen-bond donors (Lipinski definition) is 0. The number of nitrogens with zero attached hydrogens (tertiary/aromatic N) is 4. The van der Waals surface area contributed by atoms with E-state index in [1.807, 2.05) is 0 Å². The van der Waals surface area contributed by atoms with E-state index in [1.165, 1.54) is 0 Å². The predicted molar refractivity (Wildman–Crippen MR) is 58.9 cm³/mol. The van der Waals surface area contributed by atoms with Crippen LogP contribution in [0.3, 0.4) is 0 Å². The van der Waals surface area contributed by atoms with Crippen LogP contribution in [0.4, 0.5) is 4.20 Å². The van der Waals surface area contributed by atoms with Crippen LogP contribution >= 0.6 is 7.52 Å². The van der Waals surface area contributed by atoms with Gasteiger partial charge in [-0.05, 0) is 0 Å². The molecule has 0 aromatic rings. The summed E-state index contributed by atoms with van der Waals surface area (Å²) < 4.78 is 24.8. The zero-order valence-electron chi connectivity index (χ0n) is 8.98. The van der Waals surface area contributed by atoms with E-state index < -0.39 is 7.52 Å². The van der Waals surface area contributed by atoms with Gasteiger partial charge in [-0.2, -0.15) is 0 Å².